The molecule has 1 rings (SSSR count). The molecular weight excluding hydrogens is 289 g/mol. The highest BCUT2D eigenvalue weighted by molar-refractivity contribution is 5.75. The number of carbonyl (C=O) groups excluding carboxylic acids is 1. The van der Waals surface area contributed by atoms with E-state index in [1.165, 1.54) is 6.07 Å². The molecule has 122 valence electrons. The van der Waals surface area contributed by atoms with Crippen LogP contribution in [0.4, 0.5) is 4.39 Å². The van der Waals surface area contributed by atoms with Gasteiger partial charge in [-0.15, -0.1) is 0 Å². The van der Waals surface area contributed by atoms with E-state index in [1.807, 2.05) is 6.92 Å². The summed E-state index contributed by atoms with van der Waals surface area (Å²) >= 11 is 0. The van der Waals surface area contributed by atoms with Crippen molar-refractivity contribution in [2.75, 3.05) is 6.54 Å². The summed E-state index contributed by atoms with van der Waals surface area (Å²) in [6.07, 6.45) is 1.69. The fourth-order valence-corrected chi connectivity index (χ4v) is 1.87. The fourth-order valence-electron chi connectivity index (χ4n) is 1.87. The molecule has 0 aliphatic heterocycles. The molecule has 1 aromatic carbocycles. The molecule has 0 aliphatic carbocycles. The molecule has 6 heteroatoms. The highest BCUT2D eigenvalue weighted by Crippen LogP contribution is 2.17. The zero-order valence-corrected chi connectivity index (χ0v) is 12.7. The van der Waals surface area contributed by atoms with E-state index in [0.717, 1.165) is 0 Å². The first-order valence-electron chi connectivity index (χ1n) is 7.42. The van der Waals surface area contributed by atoms with Crippen molar-refractivity contribution >= 4 is 11.9 Å². The minimum atomic E-state index is -0.857. The SMILES string of the molecule is CCC(CNC(=O)CCCCC(=O)O)Oc1ccccc1F. The van der Waals surface area contributed by atoms with Gasteiger partial charge in [0.05, 0.1) is 6.54 Å². The molecule has 0 radical (unpaired) electrons. The van der Waals surface area contributed by atoms with Gasteiger partial charge >= 0.3 is 5.97 Å². The predicted molar refractivity (Wildman–Crippen MR) is 80.2 cm³/mol. The van der Waals surface area contributed by atoms with Crippen LogP contribution in [0.1, 0.15) is 39.0 Å². The third kappa shape index (κ3) is 7.06. The van der Waals surface area contributed by atoms with Gasteiger partial charge in [0.15, 0.2) is 11.6 Å². The summed E-state index contributed by atoms with van der Waals surface area (Å²) < 4.78 is 19.0. The van der Waals surface area contributed by atoms with Gasteiger partial charge in [0.25, 0.3) is 0 Å². The number of carboxylic acids is 1. The van der Waals surface area contributed by atoms with Gasteiger partial charge in [-0.3, -0.25) is 9.59 Å². The molecule has 1 aromatic rings. The van der Waals surface area contributed by atoms with Crippen LogP contribution in [0.2, 0.25) is 0 Å². The standard InChI is InChI=1S/C16H22FNO4/c1-2-12(22-14-8-4-3-7-13(14)17)11-18-15(19)9-5-6-10-16(20)21/h3-4,7-8,12H,2,5-6,9-11H2,1H3,(H,18,19)(H,20,21). The largest absolute Gasteiger partial charge is 0.486 e. The monoisotopic (exact) mass is 311 g/mol. The maximum absolute atomic E-state index is 13.5. The van der Waals surface area contributed by atoms with Crippen LogP contribution in [0.25, 0.3) is 0 Å². The molecule has 0 aliphatic rings. The summed E-state index contributed by atoms with van der Waals surface area (Å²) in [7, 11) is 0. The smallest absolute Gasteiger partial charge is 0.303 e. The number of hydrogen-bond donors (Lipinski definition) is 2. The highest BCUT2D eigenvalue weighted by Gasteiger charge is 2.12. The van der Waals surface area contributed by atoms with Crippen LogP contribution < -0.4 is 10.1 Å². The summed E-state index contributed by atoms with van der Waals surface area (Å²) in [4.78, 5) is 22.0. The molecule has 0 fully saturated rings. The summed E-state index contributed by atoms with van der Waals surface area (Å²) in [5, 5.41) is 11.2. The summed E-state index contributed by atoms with van der Waals surface area (Å²) in [5.74, 6) is -1.27. The van der Waals surface area contributed by atoms with E-state index in [4.69, 9.17) is 9.84 Å². The number of benzene rings is 1. The first-order chi connectivity index (χ1) is 10.5. The minimum Gasteiger partial charge on any atom is -0.486 e. The number of para-hydroxylation sites is 1. The maximum Gasteiger partial charge on any atom is 0.303 e. The van der Waals surface area contributed by atoms with Gasteiger partial charge in [0, 0.05) is 12.8 Å². The van der Waals surface area contributed by atoms with Gasteiger partial charge in [-0.2, -0.15) is 0 Å². The minimum absolute atomic E-state index is 0.0707. The Morgan fingerprint density at radius 2 is 1.95 bits per heavy atom. The average molecular weight is 311 g/mol. The normalized spacial score (nSPS) is 11.7. The zero-order chi connectivity index (χ0) is 16.4. The summed E-state index contributed by atoms with van der Waals surface area (Å²) in [6, 6.07) is 6.14. The van der Waals surface area contributed by atoms with E-state index in [1.54, 1.807) is 18.2 Å². The Bertz CT molecular complexity index is 493. The van der Waals surface area contributed by atoms with Gasteiger partial charge in [0.1, 0.15) is 6.10 Å². The van der Waals surface area contributed by atoms with Crippen molar-refractivity contribution in [1.82, 2.24) is 5.32 Å². The van der Waals surface area contributed by atoms with E-state index in [0.29, 0.717) is 25.8 Å². The fraction of sp³-hybridized carbons (Fsp3) is 0.500. The van der Waals surface area contributed by atoms with Crippen molar-refractivity contribution in [3.63, 3.8) is 0 Å². The lowest BCUT2D eigenvalue weighted by molar-refractivity contribution is -0.137. The summed E-state index contributed by atoms with van der Waals surface area (Å²) in [6.45, 7) is 2.19. The Morgan fingerprint density at radius 1 is 1.27 bits per heavy atom. The molecule has 1 unspecified atom stereocenters. The molecule has 0 saturated heterocycles. The lowest BCUT2D eigenvalue weighted by Gasteiger charge is -2.18. The van der Waals surface area contributed by atoms with Crippen LogP contribution >= 0.6 is 0 Å². The number of aliphatic carboxylic acids is 1. The molecular formula is C16H22FNO4. The number of halogens is 1. The molecule has 2 N–H and O–H groups in total. The first kappa shape index (κ1) is 17.9. The second-order valence-electron chi connectivity index (χ2n) is 4.98. The zero-order valence-electron chi connectivity index (χ0n) is 12.7. The Labute approximate surface area is 129 Å². The number of carbonyl (C=O) groups is 2. The molecule has 1 amide bonds. The van der Waals surface area contributed by atoms with E-state index in [-0.39, 0.29) is 30.6 Å². The van der Waals surface area contributed by atoms with Crippen molar-refractivity contribution in [2.45, 2.75) is 45.1 Å². The van der Waals surface area contributed by atoms with Gasteiger partial charge in [0.2, 0.25) is 5.91 Å². The molecule has 0 aromatic heterocycles. The Kier molecular flexibility index (Phi) is 7.96. The third-order valence-corrected chi connectivity index (χ3v) is 3.16. The predicted octanol–water partition coefficient (Wildman–Crippen LogP) is 2.74. The molecule has 22 heavy (non-hydrogen) atoms. The van der Waals surface area contributed by atoms with Crippen LogP contribution in [-0.4, -0.2) is 29.6 Å². The van der Waals surface area contributed by atoms with Crippen molar-refractivity contribution in [3.05, 3.63) is 30.1 Å². The Morgan fingerprint density at radius 3 is 2.59 bits per heavy atom. The number of amides is 1. The maximum atomic E-state index is 13.5. The Hall–Kier alpha value is -2.11. The number of hydrogen-bond acceptors (Lipinski definition) is 3. The molecule has 5 nitrogen and oxygen atoms in total. The van der Waals surface area contributed by atoms with Crippen LogP contribution in [0, 0.1) is 5.82 Å². The lowest BCUT2D eigenvalue weighted by Crippen LogP contribution is -2.35. The highest BCUT2D eigenvalue weighted by atomic mass is 19.1. The van der Waals surface area contributed by atoms with E-state index < -0.39 is 11.8 Å². The number of ether oxygens (including phenoxy) is 1. The molecule has 0 bridgehead atoms. The number of rotatable bonds is 10. The topological polar surface area (TPSA) is 75.6 Å². The second kappa shape index (κ2) is 9.76. The van der Waals surface area contributed by atoms with Gasteiger partial charge in [-0.05, 0) is 31.4 Å². The number of unbranched alkanes of at least 4 members (excludes halogenated alkanes) is 1. The van der Waals surface area contributed by atoms with Crippen molar-refractivity contribution in [2.24, 2.45) is 0 Å². The van der Waals surface area contributed by atoms with Gasteiger partial charge < -0.3 is 15.2 Å². The van der Waals surface area contributed by atoms with Crippen LogP contribution in [-0.2, 0) is 9.59 Å². The molecule has 0 saturated carbocycles. The van der Waals surface area contributed by atoms with Crippen molar-refractivity contribution in [1.29, 1.82) is 0 Å². The van der Waals surface area contributed by atoms with Crippen LogP contribution in [0.15, 0.2) is 24.3 Å². The molecule has 0 heterocycles. The number of carboxylic acid groups (broad SMARTS) is 1. The van der Waals surface area contributed by atoms with Crippen LogP contribution in [0.3, 0.4) is 0 Å². The van der Waals surface area contributed by atoms with Gasteiger partial charge in [-0.1, -0.05) is 19.1 Å². The van der Waals surface area contributed by atoms with Crippen LogP contribution in [0.5, 0.6) is 5.75 Å². The van der Waals surface area contributed by atoms with Gasteiger partial charge in [-0.25, -0.2) is 4.39 Å². The third-order valence-electron chi connectivity index (χ3n) is 3.16. The summed E-state index contributed by atoms with van der Waals surface area (Å²) in [5.41, 5.74) is 0. The number of nitrogens with one attached hydrogen (secondary N) is 1. The van der Waals surface area contributed by atoms with E-state index >= 15 is 0 Å². The molecule has 1 atom stereocenters. The Balaban J connectivity index is 2.30. The lowest BCUT2D eigenvalue weighted by atomic mass is 10.2. The molecule has 0 spiro atoms. The first-order valence-corrected chi connectivity index (χ1v) is 7.42. The second-order valence-corrected chi connectivity index (χ2v) is 4.98. The van der Waals surface area contributed by atoms with E-state index in [2.05, 4.69) is 5.32 Å². The van der Waals surface area contributed by atoms with E-state index in [9.17, 15) is 14.0 Å². The van der Waals surface area contributed by atoms with Crippen molar-refractivity contribution < 1.29 is 23.8 Å². The average Bonchev–Trinajstić information content (AvgIpc) is 2.49. The van der Waals surface area contributed by atoms with Crippen molar-refractivity contribution in [3.8, 4) is 5.75 Å². The quantitative estimate of drug-likeness (QED) is 0.652.